The van der Waals surface area contributed by atoms with Crippen molar-refractivity contribution in [2.45, 2.75) is 77.3 Å². The molecule has 0 aliphatic carbocycles. The van der Waals surface area contributed by atoms with E-state index < -0.39 is 6.23 Å². The topological polar surface area (TPSA) is 130 Å². The second kappa shape index (κ2) is 15.6. The zero-order chi connectivity index (χ0) is 39.9. The number of hydrogen-bond acceptors (Lipinski definition) is 11. The lowest BCUT2D eigenvalue weighted by atomic mass is 9.93. The Bertz CT molecular complexity index is 2450. The number of hydrogen-bond donors (Lipinski definition) is 2. The van der Waals surface area contributed by atoms with Crippen molar-refractivity contribution in [3.8, 4) is 23.0 Å². The Hall–Kier alpha value is -6.24. The van der Waals surface area contributed by atoms with Gasteiger partial charge in [-0.2, -0.15) is 0 Å². The number of nitrogens with one attached hydrogen (secondary N) is 1. The van der Waals surface area contributed by atoms with Crippen LogP contribution in [0.3, 0.4) is 0 Å². The third kappa shape index (κ3) is 7.25. The molecule has 0 bridgehead atoms. The van der Waals surface area contributed by atoms with E-state index in [0.717, 1.165) is 17.7 Å². The Morgan fingerprint density at radius 1 is 0.724 bits per heavy atom. The van der Waals surface area contributed by atoms with Gasteiger partial charge in [0.05, 0.1) is 54.6 Å². The second-order valence-corrected chi connectivity index (χ2v) is 15.4. The molecule has 0 radical (unpaired) electrons. The summed E-state index contributed by atoms with van der Waals surface area (Å²) in [5, 5.41) is 15.2. The van der Waals surface area contributed by atoms with Gasteiger partial charge in [-0.3, -0.25) is 24.7 Å². The van der Waals surface area contributed by atoms with E-state index in [1.54, 1.807) is 26.4 Å². The number of aliphatic hydroxyl groups excluding tert-OH is 1. The van der Waals surface area contributed by atoms with Crippen LogP contribution in [0.1, 0.15) is 69.6 Å². The van der Waals surface area contributed by atoms with E-state index in [2.05, 4.69) is 54.4 Å². The first kappa shape index (κ1) is 37.3. The molecule has 5 aromatic rings. The van der Waals surface area contributed by atoms with Gasteiger partial charge in [-0.25, -0.2) is 0 Å². The van der Waals surface area contributed by atoms with Crippen LogP contribution >= 0.6 is 0 Å². The maximum absolute atomic E-state index is 13.8. The Kier molecular flexibility index (Phi) is 10.0. The van der Waals surface area contributed by atoms with Crippen molar-refractivity contribution < 1.29 is 28.8 Å². The van der Waals surface area contributed by atoms with Crippen LogP contribution in [0.15, 0.2) is 94.9 Å². The highest BCUT2D eigenvalue weighted by Gasteiger charge is 2.35. The maximum Gasteiger partial charge on any atom is 0.257 e. The summed E-state index contributed by atoms with van der Waals surface area (Å²) >= 11 is 0. The molecule has 0 spiro atoms. The van der Waals surface area contributed by atoms with Gasteiger partial charge in [0.25, 0.3) is 5.91 Å². The molecule has 296 valence electrons. The first-order valence-corrected chi connectivity index (χ1v) is 19.7. The number of aromatic nitrogens is 1. The van der Waals surface area contributed by atoms with E-state index in [4.69, 9.17) is 33.9 Å². The second-order valence-electron chi connectivity index (χ2n) is 15.4. The molecule has 4 aliphatic heterocycles. The van der Waals surface area contributed by atoms with Crippen molar-refractivity contribution in [1.82, 2.24) is 14.8 Å². The number of benzene rings is 4. The summed E-state index contributed by atoms with van der Waals surface area (Å²) < 4.78 is 24.0. The molecule has 9 rings (SSSR count). The minimum Gasteiger partial charge on any atom is -0.493 e. The number of carbonyl (C=O) groups is 1. The number of nitrogens with zero attached hydrogens (tertiary/aromatic N) is 5. The van der Waals surface area contributed by atoms with Gasteiger partial charge < -0.3 is 34.3 Å². The summed E-state index contributed by atoms with van der Waals surface area (Å²) in [6, 6.07) is 27.6. The molecule has 1 amide bonds. The highest BCUT2D eigenvalue weighted by atomic mass is 16.5. The molecular weight excluding hydrogens is 733 g/mol. The fourth-order valence-electron chi connectivity index (χ4n) is 8.28. The number of anilines is 1. The van der Waals surface area contributed by atoms with Crippen molar-refractivity contribution in [1.29, 1.82) is 0 Å². The third-order valence-corrected chi connectivity index (χ3v) is 11.2. The van der Waals surface area contributed by atoms with Crippen molar-refractivity contribution in [3.05, 3.63) is 130 Å². The first-order valence-electron chi connectivity index (χ1n) is 19.7. The lowest BCUT2D eigenvalue weighted by Gasteiger charge is -2.37. The van der Waals surface area contributed by atoms with E-state index in [1.807, 2.05) is 59.8 Å². The standard InChI is InChI=1S/C46H46N6O6/c1-27(2)49-32-13-12-29-16-36-22-48-40-20-44(42(56-4)18-38(40)46(54)52(36)24-31(29)14-32)58-26-34-11-7-10-33(50-34)25-57-43-19-39-37(17-41(43)55-3)45(53)51-23-30-9-6-5-8-28(30)15-35(51)21-47-39/h5-14,17-22,27,35-36,46,49,54H,15-16,23-26H2,1-4H3/t35-,36-,46?/m0/s1. The van der Waals surface area contributed by atoms with Crippen molar-refractivity contribution in [3.63, 3.8) is 0 Å². The molecule has 5 heterocycles. The van der Waals surface area contributed by atoms with Crippen LogP contribution < -0.4 is 24.3 Å². The predicted molar refractivity (Wildman–Crippen MR) is 222 cm³/mol. The van der Waals surface area contributed by atoms with Gasteiger partial charge >= 0.3 is 0 Å². The van der Waals surface area contributed by atoms with Crippen LogP contribution in [-0.4, -0.2) is 70.6 Å². The fraction of sp³-hybridized carbons (Fsp3) is 0.304. The van der Waals surface area contributed by atoms with Crippen LogP contribution in [0, 0.1) is 0 Å². The van der Waals surface area contributed by atoms with E-state index in [0.29, 0.717) is 82.4 Å². The zero-order valence-corrected chi connectivity index (χ0v) is 33.0. The van der Waals surface area contributed by atoms with Gasteiger partial charge in [-0.05, 0) is 85.3 Å². The van der Waals surface area contributed by atoms with Gasteiger partial charge in [0, 0.05) is 54.9 Å². The number of aliphatic imine (C=N–C) groups is 2. The van der Waals surface area contributed by atoms with Crippen molar-refractivity contribution in [2.24, 2.45) is 9.98 Å². The minimum atomic E-state index is -0.885. The summed E-state index contributed by atoms with van der Waals surface area (Å²) in [6.45, 7) is 5.67. The van der Waals surface area contributed by atoms with Crippen LogP contribution in [0.4, 0.5) is 17.1 Å². The van der Waals surface area contributed by atoms with Crippen LogP contribution in [-0.2, 0) is 39.1 Å². The Morgan fingerprint density at radius 2 is 1.38 bits per heavy atom. The summed E-state index contributed by atoms with van der Waals surface area (Å²) in [5.41, 5.74) is 9.56. The number of carbonyl (C=O) groups excluding carboxylic acids is 1. The highest BCUT2D eigenvalue weighted by molar-refractivity contribution is 6.03. The molecule has 3 atom stereocenters. The van der Waals surface area contributed by atoms with Gasteiger partial charge in [-0.15, -0.1) is 0 Å². The maximum atomic E-state index is 13.8. The van der Waals surface area contributed by atoms with Gasteiger partial charge in [0.2, 0.25) is 0 Å². The Balaban J connectivity index is 0.884. The zero-order valence-electron chi connectivity index (χ0n) is 33.0. The first-order chi connectivity index (χ1) is 28.2. The molecule has 2 N–H and O–H groups in total. The number of amides is 1. The number of rotatable bonds is 10. The van der Waals surface area contributed by atoms with Crippen LogP contribution in [0.5, 0.6) is 23.0 Å². The molecular formula is C46H46N6O6. The van der Waals surface area contributed by atoms with Crippen LogP contribution in [0.25, 0.3) is 0 Å². The van der Waals surface area contributed by atoms with Crippen molar-refractivity contribution >= 4 is 35.4 Å². The number of methoxy groups -OCH3 is 2. The number of aliphatic hydroxyl groups is 1. The lowest BCUT2D eigenvalue weighted by molar-refractivity contribution is -0.0197. The van der Waals surface area contributed by atoms with E-state index >= 15 is 0 Å². The molecule has 12 heteroatoms. The molecule has 0 saturated carbocycles. The van der Waals surface area contributed by atoms with Crippen molar-refractivity contribution in [2.75, 3.05) is 19.5 Å². The third-order valence-electron chi connectivity index (χ3n) is 11.2. The number of fused-ring (bicyclic) bond motifs is 6. The molecule has 4 aliphatic rings. The van der Waals surface area contributed by atoms with E-state index in [-0.39, 0.29) is 31.2 Å². The number of ether oxygens (including phenoxy) is 4. The largest absolute Gasteiger partial charge is 0.493 e. The van der Waals surface area contributed by atoms with Gasteiger partial charge in [0.15, 0.2) is 23.0 Å². The summed E-state index contributed by atoms with van der Waals surface area (Å²) in [7, 11) is 3.14. The quantitative estimate of drug-likeness (QED) is 0.148. The summed E-state index contributed by atoms with van der Waals surface area (Å²) in [4.78, 5) is 32.1. The average molecular weight is 779 g/mol. The SMILES string of the molecule is COc1cc2c(cc1OCc1cccc(COc3cc4c(cc3OC)C(O)N3Cc5cc(NC(C)C)ccc5C[C@H]3C=N4)n1)N=C[C@@H]1Cc3ccccc3CN1C2=O. The van der Waals surface area contributed by atoms with Gasteiger partial charge in [-0.1, -0.05) is 36.4 Å². The van der Waals surface area contributed by atoms with Crippen LogP contribution in [0.2, 0.25) is 0 Å². The smallest absolute Gasteiger partial charge is 0.257 e. The molecule has 4 aromatic carbocycles. The summed E-state index contributed by atoms with van der Waals surface area (Å²) in [6.07, 6.45) is 4.36. The average Bonchev–Trinajstić information content (AvgIpc) is 3.45. The molecule has 58 heavy (non-hydrogen) atoms. The van der Waals surface area contributed by atoms with E-state index in [1.165, 1.54) is 16.7 Å². The molecule has 0 saturated heterocycles. The minimum absolute atomic E-state index is 0.0647. The monoisotopic (exact) mass is 778 g/mol. The normalized spacial score (nSPS) is 19.1. The molecule has 1 unspecified atom stereocenters. The molecule has 1 aromatic heterocycles. The molecule has 0 fully saturated rings. The predicted octanol–water partition coefficient (Wildman–Crippen LogP) is 7.49. The summed E-state index contributed by atoms with van der Waals surface area (Å²) in [5.74, 6) is 1.79. The lowest BCUT2D eigenvalue weighted by Crippen LogP contribution is -2.44. The Morgan fingerprint density at radius 3 is 2.12 bits per heavy atom. The Labute approximate surface area is 337 Å². The number of pyridine rings is 1. The fourth-order valence-corrected chi connectivity index (χ4v) is 8.28. The molecule has 12 nitrogen and oxygen atoms in total. The highest BCUT2D eigenvalue weighted by Crippen LogP contribution is 2.43. The van der Waals surface area contributed by atoms with E-state index in [9.17, 15) is 9.90 Å². The van der Waals surface area contributed by atoms with Gasteiger partial charge in [0.1, 0.15) is 19.4 Å².